The summed E-state index contributed by atoms with van der Waals surface area (Å²) in [6, 6.07) is 13.8. The summed E-state index contributed by atoms with van der Waals surface area (Å²) < 4.78 is 5.82. The molecule has 0 atom stereocenters. The van der Waals surface area contributed by atoms with Crippen molar-refractivity contribution < 1.29 is 14.3 Å². The fourth-order valence-electron chi connectivity index (χ4n) is 3.79. The first-order chi connectivity index (χ1) is 15.0. The van der Waals surface area contributed by atoms with E-state index in [9.17, 15) is 9.59 Å². The average Bonchev–Trinajstić information content (AvgIpc) is 2.77. The second kappa shape index (κ2) is 11.0. The molecule has 3 rings (SSSR count). The third-order valence-corrected chi connectivity index (χ3v) is 5.89. The highest BCUT2D eigenvalue weighted by Gasteiger charge is 2.22. The maximum Gasteiger partial charge on any atom is 0.238 e. The van der Waals surface area contributed by atoms with Crippen LogP contribution in [-0.4, -0.2) is 60.9 Å². The summed E-state index contributed by atoms with van der Waals surface area (Å²) in [7, 11) is 0. The normalized spacial score (nSPS) is 14.4. The standard InChI is InChI=1S/C25H33N3O3/c1-4-21-9-5-6-10-22(21)26-24(29)18-27-13-15-28(16-14-27)25(30)12-17-31-23-11-7-8-19(2)20(23)3/h5-11H,4,12-18H2,1-3H3,(H,26,29). The minimum absolute atomic E-state index is 0.0115. The molecule has 1 N–H and O–H groups in total. The van der Waals surface area contributed by atoms with Crippen molar-refractivity contribution in [3.63, 3.8) is 0 Å². The zero-order valence-electron chi connectivity index (χ0n) is 18.8. The predicted octanol–water partition coefficient (Wildman–Crippen LogP) is 3.42. The number of carbonyl (C=O) groups excluding carboxylic acids is 2. The molecular weight excluding hydrogens is 390 g/mol. The first-order valence-electron chi connectivity index (χ1n) is 11.0. The van der Waals surface area contributed by atoms with E-state index in [-0.39, 0.29) is 11.8 Å². The molecule has 1 aliphatic heterocycles. The van der Waals surface area contributed by atoms with Crippen molar-refractivity contribution in [2.24, 2.45) is 0 Å². The number of para-hydroxylation sites is 1. The monoisotopic (exact) mass is 423 g/mol. The molecule has 0 aliphatic carbocycles. The van der Waals surface area contributed by atoms with E-state index in [2.05, 4.69) is 30.1 Å². The predicted molar refractivity (Wildman–Crippen MR) is 123 cm³/mol. The molecule has 0 radical (unpaired) electrons. The Bertz CT molecular complexity index is 905. The molecule has 1 fully saturated rings. The van der Waals surface area contributed by atoms with Crippen LogP contribution in [0.3, 0.4) is 0 Å². The minimum Gasteiger partial charge on any atom is -0.493 e. The van der Waals surface area contributed by atoms with Crippen molar-refractivity contribution >= 4 is 17.5 Å². The number of carbonyl (C=O) groups is 2. The van der Waals surface area contributed by atoms with E-state index in [4.69, 9.17) is 4.74 Å². The second-order valence-electron chi connectivity index (χ2n) is 8.01. The summed E-state index contributed by atoms with van der Waals surface area (Å²) >= 11 is 0. The zero-order valence-corrected chi connectivity index (χ0v) is 18.8. The third-order valence-electron chi connectivity index (χ3n) is 5.89. The van der Waals surface area contributed by atoms with Gasteiger partial charge in [0.05, 0.1) is 19.6 Å². The van der Waals surface area contributed by atoms with Gasteiger partial charge in [-0.2, -0.15) is 0 Å². The maximum absolute atomic E-state index is 12.5. The van der Waals surface area contributed by atoms with E-state index in [0.717, 1.165) is 29.0 Å². The smallest absolute Gasteiger partial charge is 0.238 e. The maximum atomic E-state index is 12.5. The van der Waals surface area contributed by atoms with Gasteiger partial charge >= 0.3 is 0 Å². The lowest BCUT2D eigenvalue weighted by atomic mass is 10.1. The zero-order chi connectivity index (χ0) is 22.2. The summed E-state index contributed by atoms with van der Waals surface area (Å²) in [6.45, 7) is 9.56. The molecule has 1 heterocycles. The van der Waals surface area contributed by atoms with E-state index >= 15 is 0 Å². The lowest BCUT2D eigenvalue weighted by Gasteiger charge is -2.34. The molecule has 2 aromatic carbocycles. The molecule has 2 aromatic rings. The quantitative estimate of drug-likeness (QED) is 0.707. The number of rotatable bonds is 8. The highest BCUT2D eigenvalue weighted by Crippen LogP contribution is 2.20. The van der Waals surface area contributed by atoms with E-state index < -0.39 is 0 Å². The van der Waals surface area contributed by atoms with E-state index in [1.807, 2.05) is 48.2 Å². The van der Waals surface area contributed by atoms with Crippen LogP contribution in [-0.2, 0) is 16.0 Å². The van der Waals surface area contributed by atoms with Crippen LogP contribution in [0.15, 0.2) is 42.5 Å². The molecule has 0 spiro atoms. The van der Waals surface area contributed by atoms with Crippen LogP contribution in [0.5, 0.6) is 5.75 Å². The Balaban J connectivity index is 1.39. The van der Waals surface area contributed by atoms with Gasteiger partial charge in [-0.3, -0.25) is 14.5 Å². The number of hydrogen-bond donors (Lipinski definition) is 1. The summed E-state index contributed by atoms with van der Waals surface area (Å²) in [5.74, 6) is 0.933. The highest BCUT2D eigenvalue weighted by atomic mass is 16.5. The Morgan fingerprint density at radius 3 is 2.48 bits per heavy atom. The van der Waals surface area contributed by atoms with E-state index in [1.54, 1.807) is 0 Å². The number of nitrogens with one attached hydrogen (secondary N) is 1. The number of ether oxygens (including phenoxy) is 1. The fraction of sp³-hybridized carbons (Fsp3) is 0.440. The van der Waals surface area contributed by atoms with Gasteiger partial charge in [-0.05, 0) is 49.1 Å². The first-order valence-corrected chi connectivity index (χ1v) is 11.0. The van der Waals surface area contributed by atoms with E-state index in [0.29, 0.717) is 45.8 Å². The lowest BCUT2D eigenvalue weighted by molar-refractivity contribution is -0.133. The second-order valence-corrected chi connectivity index (χ2v) is 8.01. The molecular formula is C25H33N3O3. The molecule has 0 aromatic heterocycles. The van der Waals surface area contributed by atoms with Crippen LogP contribution in [0.4, 0.5) is 5.69 Å². The van der Waals surface area contributed by atoms with Gasteiger partial charge in [0.15, 0.2) is 0 Å². The summed E-state index contributed by atoms with van der Waals surface area (Å²) in [5.41, 5.74) is 4.31. The van der Waals surface area contributed by atoms with Crippen LogP contribution < -0.4 is 10.1 Å². The van der Waals surface area contributed by atoms with Gasteiger partial charge in [-0.25, -0.2) is 0 Å². The van der Waals surface area contributed by atoms with Crippen molar-refractivity contribution in [1.82, 2.24) is 9.80 Å². The van der Waals surface area contributed by atoms with Gasteiger partial charge in [-0.15, -0.1) is 0 Å². The number of amides is 2. The number of aryl methyl sites for hydroxylation is 2. The van der Waals surface area contributed by atoms with Gasteiger partial charge < -0.3 is 15.0 Å². The SMILES string of the molecule is CCc1ccccc1NC(=O)CN1CCN(C(=O)CCOc2cccc(C)c2C)CC1. The van der Waals surface area contributed by atoms with Crippen LogP contribution in [0.1, 0.15) is 30.0 Å². The molecule has 0 unspecified atom stereocenters. The number of benzene rings is 2. The van der Waals surface area contributed by atoms with Gasteiger partial charge in [-0.1, -0.05) is 37.3 Å². The van der Waals surface area contributed by atoms with Gasteiger partial charge in [0.2, 0.25) is 11.8 Å². The number of nitrogens with zero attached hydrogens (tertiary/aromatic N) is 2. The highest BCUT2D eigenvalue weighted by molar-refractivity contribution is 5.93. The Morgan fingerprint density at radius 1 is 1.00 bits per heavy atom. The average molecular weight is 424 g/mol. The minimum atomic E-state index is -0.0115. The molecule has 1 aliphatic rings. The Hall–Kier alpha value is -2.86. The van der Waals surface area contributed by atoms with Crippen molar-refractivity contribution in [3.8, 4) is 5.75 Å². The van der Waals surface area contributed by atoms with Gasteiger partial charge in [0.1, 0.15) is 5.75 Å². The van der Waals surface area contributed by atoms with Crippen molar-refractivity contribution in [3.05, 3.63) is 59.2 Å². The molecule has 0 saturated carbocycles. The number of hydrogen-bond acceptors (Lipinski definition) is 4. The van der Waals surface area contributed by atoms with Crippen molar-refractivity contribution in [2.75, 3.05) is 44.6 Å². The lowest BCUT2D eigenvalue weighted by Crippen LogP contribution is -2.50. The largest absolute Gasteiger partial charge is 0.493 e. The molecule has 6 nitrogen and oxygen atoms in total. The number of anilines is 1. The van der Waals surface area contributed by atoms with Crippen LogP contribution >= 0.6 is 0 Å². The van der Waals surface area contributed by atoms with Gasteiger partial charge in [0.25, 0.3) is 0 Å². The summed E-state index contributed by atoms with van der Waals surface area (Å²) in [4.78, 5) is 28.9. The third kappa shape index (κ3) is 6.31. The Labute approximate surface area is 185 Å². The Kier molecular flexibility index (Phi) is 8.06. The Morgan fingerprint density at radius 2 is 1.74 bits per heavy atom. The van der Waals surface area contributed by atoms with Gasteiger partial charge in [0, 0.05) is 31.9 Å². The van der Waals surface area contributed by atoms with Crippen LogP contribution in [0, 0.1) is 13.8 Å². The molecule has 31 heavy (non-hydrogen) atoms. The molecule has 166 valence electrons. The summed E-state index contributed by atoms with van der Waals surface area (Å²) in [6.07, 6.45) is 1.24. The molecule has 2 amide bonds. The van der Waals surface area contributed by atoms with Crippen molar-refractivity contribution in [1.29, 1.82) is 0 Å². The summed E-state index contributed by atoms with van der Waals surface area (Å²) in [5, 5.41) is 3.02. The first kappa shape index (κ1) is 22.8. The van der Waals surface area contributed by atoms with Crippen molar-refractivity contribution in [2.45, 2.75) is 33.6 Å². The topological polar surface area (TPSA) is 61.9 Å². The number of piperazine rings is 1. The van der Waals surface area contributed by atoms with Crippen LogP contribution in [0.25, 0.3) is 0 Å². The molecule has 1 saturated heterocycles. The molecule has 6 heteroatoms. The van der Waals surface area contributed by atoms with E-state index in [1.165, 1.54) is 5.56 Å². The molecule has 0 bridgehead atoms. The fourth-order valence-corrected chi connectivity index (χ4v) is 3.79. The van der Waals surface area contributed by atoms with Crippen LogP contribution in [0.2, 0.25) is 0 Å².